The van der Waals surface area contributed by atoms with Crippen molar-refractivity contribution in [3.05, 3.63) is 40.1 Å². The van der Waals surface area contributed by atoms with Gasteiger partial charge in [0.25, 0.3) is 0 Å². The second kappa shape index (κ2) is 5.73. The van der Waals surface area contributed by atoms with E-state index in [-0.39, 0.29) is 5.97 Å². The van der Waals surface area contributed by atoms with E-state index in [1.165, 1.54) is 13.2 Å². The number of hydrogen-bond donors (Lipinski definition) is 1. The number of methoxy groups -OCH3 is 1. The Labute approximate surface area is 106 Å². The Morgan fingerprint density at radius 1 is 1.35 bits per heavy atom. The van der Waals surface area contributed by atoms with Gasteiger partial charge in [-0.3, -0.25) is 0 Å². The minimum absolute atomic E-state index is 0.376. The summed E-state index contributed by atoms with van der Waals surface area (Å²) in [7, 11) is 1.35. The molecule has 0 unspecified atom stereocenters. The molecule has 0 aliphatic carbocycles. The van der Waals surface area contributed by atoms with Crippen LogP contribution in [0.1, 0.15) is 18.1 Å². The number of anilines is 1. The molecule has 1 rings (SSSR count). The molecule has 0 spiro atoms. The Bertz CT molecular complexity index is 443. The van der Waals surface area contributed by atoms with Crippen LogP contribution in [0.25, 0.3) is 0 Å². The van der Waals surface area contributed by atoms with E-state index in [2.05, 4.69) is 10.1 Å². The molecule has 92 valence electrons. The van der Waals surface area contributed by atoms with Crippen molar-refractivity contribution in [2.45, 2.75) is 20.8 Å². The van der Waals surface area contributed by atoms with Crippen LogP contribution in [0.15, 0.2) is 23.9 Å². The fourth-order valence-corrected chi connectivity index (χ4v) is 1.90. The summed E-state index contributed by atoms with van der Waals surface area (Å²) in [5, 5.41) is 3.88. The van der Waals surface area contributed by atoms with Gasteiger partial charge in [-0.15, -0.1) is 0 Å². The number of rotatable bonds is 3. The van der Waals surface area contributed by atoms with Gasteiger partial charge in [-0.25, -0.2) is 4.79 Å². The summed E-state index contributed by atoms with van der Waals surface area (Å²) in [6, 6.07) is 3.75. The van der Waals surface area contributed by atoms with Crippen LogP contribution in [0.3, 0.4) is 0 Å². The Hall–Kier alpha value is -1.48. The Balaban J connectivity index is 2.96. The lowest BCUT2D eigenvalue weighted by atomic mass is 10.1. The summed E-state index contributed by atoms with van der Waals surface area (Å²) < 4.78 is 4.56. The van der Waals surface area contributed by atoms with Crippen molar-refractivity contribution < 1.29 is 9.53 Å². The van der Waals surface area contributed by atoms with E-state index >= 15 is 0 Å². The van der Waals surface area contributed by atoms with Crippen LogP contribution in [0.5, 0.6) is 0 Å². The number of allylic oxidation sites excluding steroid dienone is 1. The third-order valence-corrected chi connectivity index (χ3v) is 2.57. The molecule has 1 aromatic rings. The Kier molecular flexibility index (Phi) is 4.58. The molecule has 0 saturated carbocycles. The molecule has 17 heavy (non-hydrogen) atoms. The average molecular weight is 254 g/mol. The van der Waals surface area contributed by atoms with Gasteiger partial charge in [-0.05, 0) is 44.0 Å². The van der Waals surface area contributed by atoms with E-state index in [1.807, 2.05) is 32.9 Å². The lowest BCUT2D eigenvalue weighted by Crippen LogP contribution is -2.04. The molecule has 4 heteroatoms. The summed E-state index contributed by atoms with van der Waals surface area (Å²) in [4.78, 5) is 11.1. The van der Waals surface area contributed by atoms with Gasteiger partial charge in [0.1, 0.15) is 0 Å². The van der Waals surface area contributed by atoms with E-state index in [0.29, 0.717) is 5.02 Å². The van der Waals surface area contributed by atoms with Crippen LogP contribution in [-0.4, -0.2) is 13.1 Å². The predicted octanol–water partition coefficient (Wildman–Crippen LogP) is 3.45. The molecule has 0 aliphatic heterocycles. The van der Waals surface area contributed by atoms with Gasteiger partial charge in [-0.1, -0.05) is 11.6 Å². The van der Waals surface area contributed by atoms with Gasteiger partial charge < -0.3 is 10.1 Å². The van der Waals surface area contributed by atoms with Crippen LogP contribution in [0.2, 0.25) is 5.02 Å². The van der Waals surface area contributed by atoms with Gasteiger partial charge in [0, 0.05) is 22.5 Å². The second-order valence-corrected chi connectivity index (χ2v) is 4.33. The van der Waals surface area contributed by atoms with Crippen molar-refractivity contribution in [3.63, 3.8) is 0 Å². The maximum absolute atomic E-state index is 11.1. The molecule has 0 saturated heterocycles. The lowest BCUT2D eigenvalue weighted by Gasteiger charge is -2.13. The zero-order valence-electron chi connectivity index (χ0n) is 10.4. The van der Waals surface area contributed by atoms with Crippen molar-refractivity contribution in [1.82, 2.24) is 0 Å². The minimum atomic E-state index is -0.376. The monoisotopic (exact) mass is 253 g/mol. The number of carbonyl (C=O) groups is 1. The number of nitrogens with one attached hydrogen (secondary N) is 1. The third-order valence-electron chi connectivity index (χ3n) is 2.36. The quantitative estimate of drug-likeness (QED) is 0.662. The molecule has 3 nitrogen and oxygen atoms in total. The predicted molar refractivity (Wildman–Crippen MR) is 70.3 cm³/mol. The van der Waals surface area contributed by atoms with Crippen molar-refractivity contribution >= 4 is 23.3 Å². The van der Waals surface area contributed by atoms with Gasteiger partial charge in [0.15, 0.2) is 0 Å². The zero-order chi connectivity index (χ0) is 13.0. The van der Waals surface area contributed by atoms with Crippen LogP contribution in [0, 0.1) is 13.8 Å². The molecule has 0 atom stereocenters. The second-order valence-electron chi connectivity index (χ2n) is 3.89. The first-order valence-corrected chi connectivity index (χ1v) is 5.62. The highest BCUT2D eigenvalue weighted by atomic mass is 35.5. The molecule has 0 amide bonds. The van der Waals surface area contributed by atoms with Crippen molar-refractivity contribution in [2.75, 3.05) is 12.4 Å². The molecule has 0 aliphatic rings. The molecule has 0 bridgehead atoms. The van der Waals surface area contributed by atoms with Crippen LogP contribution >= 0.6 is 11.6 Å². The summed E-state index contributed by atoms with van der Waals surface area (Å²) in [6.07, 6.45) is 1.41. The molecular formula is C13H16ClNO2. The number of ether oxygens (including phenoxy) is 1. The number of esters is 1. The van der Waals surface area contributed by atoms with E-state index in [4.69, 9.17) is 11.6 Å². The third kappa shape index (κ3) is 3.79. The SMILES string of the molecule is COC(=O)C=C(C)Nc1c(C)cc(Cl)cc1C. The van der Waals surface area contributed by atoms with Crippen LogP contribution in [0.4, 0.5) is 5.69 Å². The molecular weight excluding hydrogens is 238 g/mol. The number of aryl methyl sites for hydroxylation is 2. The van der Waals surface area contributed by atoms with Gasteiger partial charge in [0.2, 0.25) is 0 Å². The summed E-state index contributed by atoms with van der Waals surface area (Å²) in [5.41, 5.74) is 3.76. The topological polar surface area (TPSA) is 38.3 Å². The first kappa shape index (κ1) is 13.6. The average Bonchev–Trinajstić information content (AvgIpc) is 2.23. The van der Waals surface area contributed by atoms with Crippen LogP contribution in [-0.2, 0) is 9.53 Å². The summed E-state index contributed by atoms with van der Waals surface area (Å²) >= 11 is 5.95. The maximum Gasteiger partial charge on any atom is 0.332 e. The lowest BCUT2D eigenvalue weighted by molar-refractivity contribution is -0.134. The van der Waals surface area contributed by atoms with E-state index in [0.717, 1.165) is 22.5 Å². The highest BCUT2D eigenvalue weighted by Crippen LogP contribution is 2.25. The standard InChI is InChI=1S/C13H16ClNO2/c1-8-5-11(14)6-9(2)13(8)15-10(3)7-12(16)17-4/h5-7,15H,1-4H3. The first-order chi connectivity index (χ1) is 7.93. The molecule has 0 heterocycles. The highest BCUT2D eigenvalue weighted by Gasteiger charge is 2.05. The smallest absolute Gasteiger partial charge is 0.332 e. The van der Waals surface area contributed by atoms with Gasteiger partial charge in [-0.2, -0.15) is 0 Å². The molecule has 0 radical (unpaired) electrons. The van der Waals surface area contributed by atoms with Crippen molar-refractivity contribution in [1.29, 1.82) is 0 Å². The molecule has 1 N–H and O–H groups in total. The number of halogens is 1. The zero-order valence-corrected chi connectivity index (χ0v) is 11.2. The van der Waals surface area contributed by atoms with Crippen molar-refractivity contribution in [2.24, 2.45) is 0 Å². The van der Waals surface area contributed by atoms with Crippen molar-refractivity contribution in [3.8, 4) is 0 Å². The van der Waals surface area contributed by atoms with E-state index in [1.54, 1.807) is 0 Å². The summed E-state index contributed by atoms with van der Waals surface area (Å²) in [6.45, 7) is 5.74. The van der Waals surface area contributed by atoms with E-state index in [9.17, 15) is 4.79 Å². The maximum atomic E-state index is 11.1. The number of benzene rings is 1. The largest absolute Gasteiger partial charge is 0.466 e. The van der Waals surface area contributed by atoms with Gasteiger partial charge in [0.05, 0.1) is 7.11 Å². The molecule has 0 fully saturated rings. The highest BCUT2D eigenvalue weighted by molar-refractivity contribution is 6.30. The number of carbonyl (C=O) groups excluding carboxylic acids is 1. The Morgan fingerprint density at radius 2 is 1.88 bits per heavy atom. The molecule has 0 aromatic heterocycles. The fourth-order valence-electron chi connectivity index (χ4n) is 1.58. The fraction of sp³-hybridized carbons (Fsp3) is 0.308. The first-order valence-electron chi connectivity index (χ1n) is 5.24. The van der Waals surface area contributed by atoms with Gasteiger partial charge >= 0.3 is 5.97 Å². The Morgan fingerprint density at radius 3 is 2.35 bits per heavy atom. The minimum Gasteiger partial charge on any atom is -0.466 e. The molecule has 1 aromatic carbocycles. The summed E-state index contributed by atoms with van der Waals surface area (Å²) in [5.74, 6) is -0.376. The van der Waals surface area contributed by atoms with E-state index < -0.39 is 0 Å². The van der Waals surface area contributed by atoms with Crippen LogP contribution < -0.4 is 5.32 Å². The normalized spacial score (nSPS) is 11.2. The number of hydrogen-bond acceptors (Lipinski definition) is 3.